The molecule has 0 fully saturated rings. The molecule has 16 heavy (non-hydrogen) atoms. The van der Waals surface area contributed by atoms with Gasteiger partial charge in [-0.3, -0.25) is 0 Å². The smallest absolute Gasteiger partial charge is 0.185 e. The molecule has 0 atom stereocenters. The molecule has 0 amide bonds. The van der Waals surface area contributed by atoms with Gasteiger partial charge in [0.15, 0.2) is 11.5 Å². The first-order valence-electron chi connectivity index (χ1n) is 5.49. The lowest BCUT2D eigenvalue weighted by Crippen LogP contribution is -2.16. The van der Waals surface area contributed by atoms with Gasteiger partial charge in [-0.05, 0) is 30.7 Å². The van der Waals surface area contributed by atoms with Crippen molar-refractivity contribution in [2.45, 2.75) is 6.42 Å². The Morgan fingerprint density at radius 3 is 3.06 bits per heavy atom. The van der Waals surface area contributed by atoms with Crippen molar-refractivity contribution in [1.29, 1.82) is 0 Å². The van der Waals surface area contributed by atoms with Crippen LogP contribution in [0, 0.1) is 0 Å². The van der Waals surface area contributed by atoms with Crippen LogP contribution in [0.1, 0.15) is 5.56 Å². The summed E-state index contributed by atoms with van der Waals surface area (Å²) in [4.78, 5) is 3.20. The third kappa shape index (κ3) is 1.34. The van der Waals surface area contributed by atoms with Gasteiger partial charge in [0.25, 0.3) is 0 Å². The lowest BCUT2D eigenvalue weighted by Gasteiger charge is -2.20. The van der Waals surface area contributed by atoms with Gasteiger partial charge in [-0.15, -0.1) is 0 Å². The summed E-state index contributed by atoms with van der Waals surface area (Å²) in [6, 6.07) is 4.09. The molecule has 0 saturated carbocycles. The average Bonchev–Trinajstić information content (AvgIpc) is 2.79. The number of hydrogen-bond acceptors (Lipinski definition) is 3. The Balaban J connectivity index is 2.24. The van der Waals surface area contributed by atoms with Crippen LogP contribution in [-0.4, -0.2) is 24.7 Å². The second-order valence-corrected chi connectivity index (χ2v) is 3.86. The number of benzene rings is 1. The monoisotopic (exact) mass is 218 g/mol. The minimum Gasteiger partial charge on any atom is -0.486 e. The number of fused-ring (bicyclic) bond motifs is 3. The molecule has 4 nitrogen and oxygen atoms in total. The molecule has 0 aliphatic carbocycles. The van der Waals surface area contributed by atoms with Crippen LogP contribution in [0.3, 0.4) is 0 Å². The van der Waals surface area contributed by atoms with E-state index < -0.39 is 0 Å². The van der Waals surface area contributed by atoms with Crippen molar-refractivity contribution in [2.24, 2.45) is 5.73 Å². The number of ether oxygens (including phenoxy) is 2. The number of aromatic amines is 1. The summed E-state index contributed by atoms with van der Waals surface area (Å²) >= 11 is 0. The number of aromatic nitrogens is 1. The molecule has 1 aromatic heterocycles. The van der Waals surface area contributed by atoms with Crippen molar-refractivity contribution < 1.29 is 9.47 Å². The van der Waals surface area contributed by atoms with Crippen LogP contribution in [0.5, 0.6) is 11.5 Å². The molecule has 84 valence electrons. The molecule has 0 unspecified atom stereocenters. The van der Waals surface area contributed by atoms with Gasteiger partial charge in [0.2, 0.25) is 0 Å². The molecular formula is C12H14N2O2. The van der Waals surface area contributed by atoms with Crippen molar-refractivity contribution in [1.82, 2.24) is 4.98 Å². The molecular weight excluding hydrogens is 204 g/mol. The van der Waals surface area contributed by atoms with Gasteiger partial charge in [-0.2, -0.15) is 0 Å². The highest BCUT2D eigenvalue weighted by Gasteiger charge is 2.18. The highest BCUT2D eigenvalue weighted by Crippen LogP contribution is 2.39. The van der Waals surface area contributed by atoms with Crippen LogP contribution < -0.4 is 15.2 Å². The van der Waals surface area contributed by atoms with E-state index >= 15 is 0 Å². The molecule has 1 aliphatic rings. The number of H-pyrrole nitrogens is 1. The van der Waals surface area contributed by atoms with Crippen molar-refractivity contribution in [3.63, 3.8) is 0 Å². The fourth-order valence-corrected chi connectivity index (χ4v) is 2.16. The van der Waals surface area contributed by atoms with Crippen molar-refractivity contribution in [3.05, 3.63) is 23.9 Å². The Kier molecular flexibility index (Phi) is 2.22. The summed E-state index contributed by atoms with van der Waals surface area (Å²) in [5.41, 5.74) is 7.84. The topological polar surface area (TPSA) is 60.3 Å². The Morgan fingerprint density at radius 2 is 2.19 bits per heavy atom. The van der Waals surface area contributed by atoms with Gasteiger partial charge in [-0.1, -0.05) is 0 Å². The van der Waals surface area contributed by atoms with E-state index in [0.29, 0.717) is 19.8 Å². The quantitative estimate of drug-likeness (QED) is 0.801. The van der Waals surface area contributed by atoms with Gasteiger partial charge < -0.3 is 20.2 Å². The van der Waals surface area contributed by atoms with Crippen molar-refractivity contribution in [3.8, 4) is 11.5 Å². The van der Waals surface area contributed by atoms with E-state index in [0.717, 1.165) is 23.4 Å². The zero-order valence-electron chi connectivity index (χ0n) is 8.95. The molecule has 4 heteroatoms. The Hall–Kier alpha value is -1.68. The average molecular weight is 218 g/mol. The first kappa shape index (κ1) is 9.54. The van der Waals surface area contributed by atoms with Gasteiger partial charge in [0.1, 0.15) is 13.2 Å². The van der Waals surface area contributed by atoms with Crippen LogP contribution >= 0.6 is 0 Å². The van der Waals surface area contributed by atoms with Crippen LogP contribution in [0.2, 0.25) is 0 Å². The summed E-state index contributed by atoms with van der Waals surface area (Å²) in [6.45, 7) is 1.86. The largest absolute Gasteiger partial charge is 0.486 e. The Bertz CT molecular complexity index is 519. The van der Waals surface area contributed by atoms with E-state index in [1.54, 1.807) is 0 Å². The minimum atomic E-state index is 0.608. The third-order valence-electron chi connectivity index (χ3n) is 2.85. The van der Waals surface area contributed by atoms with Gasteiger partial charge in [-0.25, -0.2) is 0 Å². The van der Waals surface area contributed by atoms with E-state index in [9.17, 15) is 0 Å². The summed E-state index contributed by atoms with van der Waals surface area (Å²) in [5, 5.41) is 1.18. The summed E-state index contributed by atoms with van der Waals surface area (Å²) in [6.07, 6.45) is 2.77. The van der Waals surface area contributed by atoms with Crippen LogP contribution in [0.4, 0.5) is 0 Å². The zero-order valence-corrected chi connectivity index (χ0v) is 8.95. The second kappa shape index (κ2) is 3.72. The summed E-state index contributed by atoms with van der Waals surface area (Å²) in [5.74, 6) is 1.65. The number of nitrogens with one attached hydrogen (secondary N) is 1. The maximum absolute atomic E-state index is 5.64. The van der Waals surface area contributed by atoms with Crippen molar-refractivity contribution >= 4 is 10.9 Å². The van der Waals surface area contributed by atoms with Crippen LogP contribution in [0.25, 0.3) is 10.9 Å². The fourth-order valence-electron chi connectivity index (χ4n) is 2.16. The molecule has 1 aromatic carbocycles. The van der Waals surface area contributed by atoms with E-state index in [4.69, 9.17) is 15.2 Å². The standard InChI is InChI=1S/C12H14N2O2/c13-3-1-8-7-10-12(16-6-5-15-10)11-9(8)2-4-14-11/h2,4,7,14H,1,3,5-6,13H2. The normalized spacial score (nSPS) is 14.3. The Labute approximate surface area is 93.3 Å². The van der Waals surface area contributed by atoms with Crippen molar-refractivity contribution in [2.75, 3.05) is 19.8 Å². The van der Waals surface area contributed by atoms with E-state index in [1.165, 1.54) is 10.9 Å². The Morgan fingerprint density at radius 1 is 1.31 bits per heavy atom. The van der Waals surface area contributed by atoms with E-state index in [2.05, 4.69) is 11.1 Å². The first-order chi connectivity index (χ1) is 7.90. The summed E-state index contributed by atoms with van der Waals surface area (Å²) in [7, 11) is 0. The molecule has 3 rings (SSSR count). The maximum Gasteiger partial charge on any atom is 0.185 e. The highest BCUT2D eigenvalue weighted by atomic mass is 16.6. The fraction of sp³-hybridized carbons (Fsp3) is 0.333. The molecule has 3 N–H and O–H groups in total. The van der Waals surface area contributed by atoms with Gasteiger partial charge >= 0.3 is 0 Å². The predicted molar refractivity (Wildman–Crippen MR) is 62.0 cm³/mol. The number of nitrogens with two attached hydrogens (primary N) is 1. The highest BCUT2D eigenvalue weighted by molar-refractivity contribution is 5.91. The molecule has 2 aromatic rings. The van der Waals surface area contributed by atoms with E-state index in [-0.39, 0.29) is 0 Å². The maximum atomic E-state index is 5.64. The first-order valence-corrected chi connectivity index (χ1v) is 5.49. The number of hydrogen-bond donors (Lipinski definition) is 2. The lowest BCUT2D eigenvalue weighted by atomic mass is 10.1. The van der Waals surface area contributed by atoms with Gasteiger partial charge in [0.05, 0.1) is 5.52 Å². The van der Waals surface area contributed by atoms with Crippen LogP contribution in [0.15, 0.2) is 18.3 Å². The lowest BCUT2D eigenvalue weighted by molar-refractivity contribution is 0.173. The molecule has 2 heterocycles. The minimum absolute atomic E-state index is 0.608. The molecule has 1 aliphatic heterocycles. The molecule has 0 radical (unpaired) electrons. The van der Waals surface area contributed by atoms with Crippen LogP contribution in [-0.2, 0) is 6.42 Å². The predicted octanol–water partition coefficient (Wildman–Crippen LogP) is 1.44. The summed E-state index contributed by atoms with van der Waals surface area (Å²) < 4.78 is 11.2. The van der Waals surface area contributed by atoms with E-state index in [1.807, 2.05) is 12.3 Å². The third-order valence-corrected chi connectivity index (χ3v) is 2.85. The second-order valence-electron chi connectivity index (χ2n) is 3.86. The zero-order chi connectivity index (χ0) is 11.0. The molecule has 0 spiro atoms. The SMILES string of the molecule is NCCc1cc2c(c3[nH]ccc13)OCCO2. The molecule has 0 saturated heterocycles. The molecule has 0 bridgehead atoms. The number of rotatable bonds is 2. The van der Waals surface area contributed by atoms with Gasteiger partial charge in [0, 0.05) is 11.6 Å².